The van der Waals surface area contributed by atoms with Crippen LogP contribution in [0.1, 0.15) is 35.3 Å². The minimum Gasteiger partial charge on any atom is -0.355 e. The smallest absolute Gasteiger partial charge is 0.254 e. The molecule has 0 saturated heterocycles. The molecule has 2 rings (SSSR count). The molecule has 2 N–H and O–H groups in total. The minimum absolute atomic E-state index is 0.0467. The molecule has 0 aliphatic carbocycles. The van der Waals surface area contributed by atoms with E-state index in [9.17, 15) is 4.79 Å². The number of anilines is 1. The van der Waals surface area contributed by atoms with Gasteiger partial charge in [0.1, 0.15) is 0 Å². The Labute approximate surface area is 143 Å². The topological polar surface area (TPSA) is 70.2 Å². The van der Waals surface area contributed by atoms with Crippen LogP contribution in [0.2, 0.25) is 0 Å². The molecule has 2 aromatic rings. The Bertz CT molecular complexity index is 628. The third kappa shape index (κ3) is 5.31. The van der Waals surface area contributed by atoms with Crippen molar-refractivity contribution < 1.29 is 4.79 Å². The Morgan fingerprint density at radius 3 is 2.42 bits per heavy atom. The van der Waals surface area contributed by atoms with Gasteiger partial charge in [0.2, 0.25) is 5.95 Å². The van der Waals surface area contributed by atoms with E-state index in [-0.39, 0.29) is 11.9 Å². The normalized spacial score (nSPS) is 12.0. The molecule has 6 heteroatoms. The summed E-state index contributed by atoms with van der Waals surface area (Å²) in [6, 6.07) is 9.96. The van der Waals surface area contributed by atoms with E-state index in [1.165, 1.54) is 0 Å². The van der Waals surface area contributed by atoms with Crippen LogP contribution in [0.25, 0.3) is 0 Å². The summed E-state index contributed by atoms with van der Waals surface area (Å²) >= 11 is 0. The molecule has 1 amide bonds. The maximum absolute atomic E-state index is 12.5. The van der Waals surface area contributed by atoms with Gasteiger partial charge in [-0.15, -0.1) is 0 Å². The van der Waals surface area contributed by atoms with Gasteiger partial charge >= 0.3 is 0 Å². The van der Waals surface area contributed by atoms with E-state index in [4.69, 9.17) is 0 Å². The zero-order valence-corrected chi connectivity index (χ0v) is 14.5. The molecule has 0 fully saturated rings. The molecule has 24 heavy (non-hydrogen) atoms. The number of rotatable bonds is 8. The predicted octanol–water partition coefficient (Wildman–Crippen LogP) is 2.33. The first-order valence-electron chi connectivity index (χ1n) is 8.16. The van der Waals surface area contributed by atoms with Crippen LogP contribution in [0, 0.1) is 0 Å². The Morgan fingerprint density at radius 2 is 1.83 bits per heavy atom. The zero-order valence-electron chi connectivity index (χ0n) is 14.5. The Morgan fingerprint density at radius 1 is 1.17 bits per heavy atom. The van der Waals surface area contributed by atoms with Gasteiger partial charge in [-0.2, -0.15) is 0 Å². The van der Waals surface area contributed by atoms with Gasteiger partial charge in [-0.05, 0) is 39.5 Å². The molecule has 0 saturated carbocycles. The highest BCUT2D eigenvalue weighted by Gasteiger charge is 2.16. The summed E-state index contributed by atoms with van der Waals surface area (Å²) < 4.78 is 0. The van der Waals surface area contributed by atoms with E-state index in [0.717, 1.165) is 25.1 Å². The van der Waals surface area contributed by atoms with Crippen LogP contribution in [0.4, 0.5) is 5.95 Å². The average molecular weight is 327 g/mol. The second-order valence-corrected chi connectivity index (χ2v) is 5.85. The summed E-state index contributed by atoms with van der Waals surface area (Å²) in [7, 11) is 4.05. The summed E-state index contributed by atoms with van der Waals surface area (Å²) in [4.78, 5) is 22.9. The minimum atomic E-state index is -0.161. The first-order valence-corrected chi connectivity index (χ1v) is 8.16. The fourth-order valence-electron chi connectivity index (χ4n) is 2.33. The van der Waals surface area contributed by atoms with Gasteiger partial charge in [0.15, 0.2) is 0 Å². The van der Waals surface area contributed by atoms with Crippen molar-refractivity contribution in [3.63, 3.8) is 0 Å². The van der Waals surface area contributed by atoms with Crippen LogP contribution in [-0.4, -0.2) is 48.0 Å². The highest BCUT2D eigenvalue weighted by Crippen LogP contribution is 2.17. The summed E-state index contributed by atoms with van der Waals surface area (Å²) in [5.41, 5.74) is 1.56. The van der Waals surface area contributed by atoms with Crippen molar-refractivity contribution in [3.05, 3.63) is 53.9 Å². The number of carbonyl (C=O) groups excluding carboxylic acids is 1. The van der Waals surface area contributed by atoms with Gasteiger partial charge in [-0.25, -0.2) is 9.97 Å². The molecule has 0 radical (unpaired) electrons. The van der Waals surface area contributed by atoms with Crippen molar-refractivity contribution in [2.24, 2.45) is 0 Å². The Hall–Kier alpha value is -2.47. The number of amides is 1. The molecule has 1 atom stereocenters. The zero-order chi connectivity index (χ0) is 17.4. The van der Waals surface area contributed by atoms with E-state index in [2.05, 4.69) is 25.5 Å². The molecule has 1 aromatic heterocycles. The molecule has 1 heterocycles. The number of nitrogens with zero attached hydrogens (tertiary/aromatic N) is 3. The number of hydrogen-bond acceptors (Lipinski definition) is 5. The van der Waals surface area contributed by atoms with Crippen LogP contribution >= 0.6 is 0 Å². The van der Waals surface area contributed by atoms with Crippen LogP contribution in [-0.2, 0) is 0 Å². The standard InChI is InChI=1S/C18H25N5O/c1-4-19-18-20-12-15(13-21-18)17(24)22-16(10-11-23(2)3)14-8-6-5-7-9-14/h5-9,12-13,16H,4,10-11H2,1-3H3,(H,22,24)(H,19,20,21)/t16-/m0/s1. The van der Waals surface area contributed by atoms with Crippen molar-refractivity contribution in [2.75, 3.05) is 32.5 Å². The van der Waals surface area contributed by atoms with Crippen molar-refractivity contribution >= 4 is 11.9 Å². The number of hydrogen-bond donors (Lipinski definition) is 2. The van der Waals surface area contributed by atoms with Gasteiger partial charge < -0.3 is 15.5 Å². The monoisotopic (exact) mass is 327 g/mol. The summed E-state index contributed by atoms with van der Waals surface area (Å²) in [5.74, 6) is 0.368. The van der Waals surface area contributed by atoms with Gasteiger partial charge in [-0.1, -0.05) is 30.3 Å². The molecule has 1 aromatic carbocycles. The quantitative estimate of drug-likeness (QED) is 0.779. The molecule has 128 valence electrons. The average Bonchev–Trinajstić information content (AvgIpc) is 2.60. The van der Waals surface area contributed by atoms with Gasteiger partial charge in [-0.3, -0.25) is 4.79 Å². The number of aromatic nitrogens is 2. The van der Waals surface area contributed by atoms with E-state index in [0.29, 0.717) is 11.5 Å². The molecule has 0 aliphatic heterocycles. The second kappa shape index (κ2) is 8.98. The molecule has 0 unspecified atom stereocenters. The molecule has 0 spiro atoms. The van der Waals surface area contributed by atoms with E-state index < -0.39 is 0 Å². The third-order valence-corrected chi connectivity index (χ3v) is 3.62. The molecular formula is C18H25N5O. The first-order chi connectivity index (χ1) is 11.6. The predicted molar refractivity (Wildman–Crippen MR) is 96.0 cm³/mol. The third-order valence-electron chi connectivity index (χ3n) is 3.62. The highest BCUT2D eigenvalue weighted by molar-refractivity contribution is 5.93. The van der Waals surface area contributed by atoms with Crippen molar-refractivity contribution in [1.82, 2.24) is 20.2 Å². The summed E-state index contributed by atoms with van der Waals surface area (Å²) in [6.45, 7) is 3.60. The van der Waals surface area contributed by atoms with Crippen LogP contribution in [0.15, 0.2) is 42.7 Å². The van der Waals surface area contributed by atoms with Crippen LogP contribution in [0.5, 0.6) is 0 Å². The number of carbonyl (C=O) groups is 1. The highest BCUT2D eigenvalue weighted by atomic mass is 16.1. The van der Waals surface area contributed by atoms with Gasteiger partial charge in [0, 0.05) is 18.9 Å². The lowest BCUT2D eigenvalue weighted by Crippen LogP contribution is -2.31. The largest absolute Gasteiger partial charge is 0.355 e. The molecule has 6 nitrogen and oxygen atoms in total. The molecule has 0 bridgehead atoms. The molecule has 0 aliphatic rings. The second-order valence-electron chi connectivity index (χ2n) is 5.85. The summed E-state index contributed by atoms with van der Waals surface area (Å²) in [5, 5.41) is 6.10. The van der Waals surface area contributed by atoms with E-state index in [1.807, 2.05) is 51.4 Å². The summed E-state index contributed by atoms with van der Waals surface area (Å²) in [6.07, 6.45) is 3.93. The van der Waals surface area contributed by atoms with Crippen molar-refractivity contribution in [2.45, 2.75) is 19.4 Å². The van der Waals surface area contributed by atoms with Gasteiger partial charge in [0.05, 0.1) is 11.6 Å². The number of benzene rings is 1. The van der Waals surface area contributed by atoms with E-state index in [1.54, 1.807) is 12.4 Å². The molecular weight excluding hydrogens is 302 g/mol. The fraction of sp³-hybridized carbons (Fsp3) is 0.389. The van der Waals surface area contributed by atoms with Gasteiger partial charge in [0.25, 0.3) is 5.91 Å². The lowest BCUT2D eigenvalue weighted by Gasteiger charge is -2.21. The lowest BCUT2D eigenvalue weighted by molar-refractivity contribution is 0.0932. The lowest BCUT2D eigenvalue weighted by atomic mass is 10.0. The fourth-order valence-corrected chi connectivity index (χ4v) is 2.33. The van der Waals surface area contributed by atoms with Crippen molar-refractivity contribution in [3.8, 4) is 0 Å². The van der Waals surface area contributed by atoms with E-state index >= 15 is 0 Å². The Balaban J connectivity index is 2.08. The van der Waals surface area contributed by atoms with Crippen LogP contribution in [0.3, 0.4) is 0 Å². The van der Waals surface area contributed by atoms with Crippen molar-refractivity contribution in [1.29, 1.82) is 0 Å². The maximum Gasteiger partial charge on any atom is 0.254 e. The maximum atomic E-state index is 12.5. The first kappa shape index (κ1) is 17.9. The SMILES string of the molecule is CCNc1ncc(C(=O)N[C@@H](CCN(C)C)c2ccccc2)cn1. The van der Waals surface area contributed by atoms with Crippen LogP contribution < -0.4 is 10.6 Å². The Kier molecular flexibility index (Phi) is 6.69. The number of nitrogens with one attached hydrogen (secondary N) is 2.